The van der Waals surface area contributed by atoms with E-state index in [1.165, 1.54) is 6.07 Å². The first-order valence-corrected chi connectivity index (χ1v) is 7.16. The van der Waals surface area contributed by atoms with Crippen molar-refractivity contribution < 1.29 is 13.7 Å². The Balaban J connectivity index is 1.64. The van der Waals surface area contributed by atoms with Crippen LogP contribution in [0.25, 0.3) is 0 Å². The quantitative estimate of drug-likeness (QED) is 0.914. The fraction of sp³-hybridized carbons (Fsp3) is 0.400. The number of aromatic nitrogens is 2. The summed E-state index contributed by atoms with van der Waals surface area (Å²) in [5, 5.41) is 6.31. The molecule has 116 valence electrons. The van der Waals surface area contributed by atoms with Gasteiger partial charge in [-0.3, -0.25) is 9.69 Å². The minimum atomic E-state index is -0.158. The van der Waals surface area contributed by atoms with Crippen LogP contribution < -0.4 is 5.32 Å². The fourth-order valence-corrected chi connectivity index (χ4v) is 2.61. The average Bonchev–Trinajstić information content (AvgIpc) is 2.94. The van der Waals surface area contributed by atoms with Crippen molar-refractivity contribution in [1.82, 2.24) is 20.4 Å². The van der Waals surface area contributed by atoms with Gasteiger partial charge in [0.1, 0.15) is 5.82 Å². The second-order valence-corrected chi connectivity index (χ2v) is 5.29. The second kappa shape index (κ2) is 6.23. The lowest BCUT2D eigenvalue weighted by Gasteiger charge is -2.27. The van der Waals surface area contributed by atoms with Crippen LogP contribution in [-0.2, 0) is 30.7 Å². The van der Waals surface area contributed by atoms with Crippen molar-refractivity contribution in [3.63, 3.8) is 0 Å². The molecule has 3 rings (SSSR count). The monoisotopic (exact) mass is 304 g/mol. The van der Waals surface area contributed by atoms with Gasteiger partial charge in [-0.2, -0.15) is 4.98 Å². The van der Waals surface area contributed by atoms with E-state index in [1.807, 2.05) is 6.07 Å². The van der Waals surface area contributed by atoms with Crippen molar-refractivity contribution in [2.45, 2.75) is 25.9 Å². The first-order valence-electron chi connectivity index (χ1n) is 7.16. The topological polar surface area (TPSA) is 71.3 Å². The number of benzene rings is 1. The van der Waals surface area contributed by atoms with Crippen LogP contribution in [-0.4, -0.2) is 34.5 Å². The van der Waals surface area contributed by atoms with Crippen LogP contribution in [0.1, 0.15) is 22.8 Å². The third kappa shape index (κ3) is 3.14. The molecule has 0 aliphatic carbocycles. The Bertz CT molecular complexity index is 686. The number of fused-ring (bicyclic) bond motifs is 1. The fourth-order valence-electron chi connectivity index (χ4n) is 2.61. The van der Waals surface area contributed by atoms with Gasteiger partial charge in [0.25, 0.3) is 0 Å². The van der Waals surface area contributed by atoms with E-state index in [9.17, 15) is 9.18 Å². The number of likely N-dealkylation sites (N-methyl/N-ethyl adjacent to an activating group) is 1. The number of carbonyl (C=O) groups is 1. The van der Waals surface area contributed by atoms with Gasteiger partial charge < -0.3 is 9.84 Å². The number of hydrogen-bond acceptors (Lipinski definition) is 5. The summed E-state index contributed by atoms with van der Waals surface area (Å²) < 4.78 is 18.9. The highest BCUT2D eigenvalue weighted by molar-refractivity contribution is 5.77. The third-order valence-corrected chi connectivity index (χ3v) is 3.75. The van der Waals surface area contributed by atoms with Gasteiger partial charge in [0, 0.05) is 20.1 Å². The van der Waals surface area contributed by atoms with E-state index in [0.717, 1.165) is 17.7 Å². The van der Waals surface area contributed by atoms with Gasteiger partial charge in [-0.15, -0.1) is 0 Å². The van der Waals surface area contributed by atoms with Crippen molar-refractivity contribution in [2.24, 2.45) is 0 Å². The second-order valence-electron chi connectivity index (χ2n) is 5.29. The Kier molecular flexibility index (Phi) is 4.15. The Morgan fingerprint density at radius 1 is 1.50 bits per heavy atom. The van der Waals surface area contributed by atoms with Gasteiger partial charge in [-0.1, -0.05) is 17.3 Å². The van der Waals surface area contributed by atoms with Crippen molar-refractivity contribution >= 4 is 5.91 Å². The van der Waals surface area contributed by atoms with Crippen molar-refractivity contribution in [3.8, 4) is 0 Å². The lowest BCUT2D eigenvalue weighted by Crippen LogP contribution is -2.30. The van der Waals surface area contributed by atoms with E-state index >= 15 is 0 Å². The van der Waals surface area contributed by atoms with Crippen LogP contribution in [0.5, 0.6) is 0 Å². The lowest BCUT2D eigenvalue weighted by atomic mass is 9.99. The summed E-state index contributed by atoms with van der Waals surface area (Å²) in [6.07, 6.45) is 0.773. The van der Waals surface area contributed by atoms with Gasteiger partial charge >= 0.3 is 0 Å². The summed E-state index contributed by atoms with van der Waals surface area (Å²) in [7, 11) is 1.56. The van der Waals surface area contributed by atoms with Crippen molar-refractivity contribution in [2.75, 3.05) is 13.6 Å². The number of carbonyl (C=O) groups excluding carboxylic acids is 1. The SMILES string of the molecule is CNC(=O)Cc1noc(CN2CCc3c(F)cccc3C2)n1. The molecule has 7 heteroatoms. The molecule has 2 heterocycles. The Morgan fingerprint density at radius 2 is 2.36 bits per heavy atom. The molecule has 22 heavy (non-hydrogen) atoms. The predicted octanol–water partition coefficient (Wildman–Crippen LogP) is 1.06. The highest BCUT2D eigenvalue weighted by Gasteiger charge is 2.21. The summed E-state index contributed by atoms with van der Waals surface area (Å²) >= 11 is 0. The van der Waals surface area contributed by atoms with E-state index in [4.69, 9.17) is 4.52 Å². The number of hydrogen-bond donors (Lipinski definition) is 1. The molecule has 0 saturated heterocycles. The van der Waals surface area contributed by atoms with Crippen LogP contribution in [0.15, 0.2) is 22.7 Å². The van der Waals surface area contributed by atoms with Gasteiger partial charge in [0.05, 0.1) is 13.0 Å². The molecule has 1 aliphatic heterocycles. The number of nitrogens with one attached hydrogen (secondary N) is 1. The number of amides is 1. The van der Waals surface area contributed by atoms with Crippen LogP contribution in [0.3, 0.4) is 0 Å². The predicted molar refractivity (Wildman–Crippen MR) is 76.3 cm³/mol. The Labute approximate surface area is 127 Å². The molecule has 2 aromatic rings. The molecule has 0 unspecified atom stereocenters. The number of nitrogens with zero attached hydrogens (tertiary/aromatic N) is 3. The molecular weight excluding hydrogens is 287 g/mol. The molecule has 0 saturated carbocycles. The van der Waals surface area contributed by atoms with E-state index in [2.05, 4.69) is 20.4 Å². The van der Waals surface area contributed by atoms with Crippen molar-refractivity contribution in [3.05, 3.63) is 46.9 Å². The Morgan fingerprint density at radius 3 is 3.18 bits per heavy atom. The summed E-state index contributed by atoms with van der Waals surface area (Å²) in [5.41, 5.74) is 1.79. The summed E-state index contributed by atoms with van der Waals surface area (Å²) in [5.74, 6) is 0.550. The third-order valence-electron chi connectivity index (χ3n) is 3.75. The molecule has 1 N–H and O–H groups in total. The molecule has 1 amide bonds. The summed E-state index contributed by atoms with van der Waals surface area (Å²) in [4.78, 5) is 17.6. The van der Waals surface area contributed by atoms with Crippen LogP contribution >= 0.6 is 0 Å². The van der Waals surface area contributed by atoms with Gasteiger partial charge in [-0.05, 0) is 23.6 Å². The van der Waals surface area contributed by atoms with E-state index < -0.39 is 0 Å². The molecule has 6 nitrogen and oxygen atoms in total. The molecule has 1 aromatic heterocycles. The largest absolute Gasteiger partial charge is 0.359 e. The zero-order valence-electron chi connectivity index (χ0n) is 12.3. The number of halogens is 1. The first kappa shape index (κ1) is 14.6. The molecule has 0 bridgehead atoms. The molecule has 0 fully saturated rings. The highest BCUT2D eigenvalue weighted by atomic mass is 19.1. The van der Waals surface area contributed by atoms with Gasteiger partial charge in [-0.25, -0.2) is 4.39 Å². The van der Waals surface area contributed by atoms with Gasteiger partial charge in [0.15, 0.2) is 5.82 Å². The summed E-state index contributed by atoms with van der Waals surface area (Å²) in [6, 6.07) is 5.17. The summed E-state index contributed by atoms with van der Waals surface area (Å²) in [6.45, 7) is 1.89. The van der Waals surface area contributed by atoms with Crippen LogP contribution in [0.2, 0.25) is 0 Å². The first-order chi connectivity index (χ1) is 10.7. The van der Waals surface area contributed by atoms with Gasteiger partial charge in [0.2, 0.25) is 11.8 Å². The minimum Gasteiger partial charge on any atom is -0.359 e. The van der Waals surface area contributed by atoms with E-state index in [-0.39, 0.29) is 18.1 Å². The Hall–Kier alpha value is -2.28. The molecule has 0 atom stereocenters. The maximum atomic E-state index is 13.7. The maximum absolute atomic E-state index is 13.7. The average molecular weight is 304 g/mol. The van der Waals surface area contributed by atoms with E-state index in [1.54, 1.807) is 13.1 Å². The smallest absolute Gasteiger partial charge is 0.240 e. The van der Waals surface area contributed by atoms with Crippen LogP contribution in [0.4, 0.5) is 4.39 Å². The molecule has 1 aromatic carbocycles. The zero-order chi connectivity index (χ0) is 15.5. The standard InChI is InChI=1S/C15H17FN4O2/c1-17-14(21)7-13-18-15(22-19-13)9-20-6-5-11-10(8-20)3-2-4-12(11)16/h2-4H,5-9H2,1H3,(H,17,21). The molecule has 0 radical (unpaired) electrons. The normalized spacial score (nSPS) is 14.6. The van der Waals surface area contributed by atoms with E-state index in [0.29, 0.717) is 31.2 Å². The minimum absolute atomic E-state index is 0.105. The highest BCUT2D eigenvalue weighted by Crippen LogP contribution is 2.22. The van der Waals surface area contributed by atoms with Crippen molar-refractivity contribution in [1.29, 1.82) is 0 Å². The molecule has 1 aliphatic rings. The zero-order valence-corrected chi connectivity index (χ0v) is 12.3. The maximum Gasteiger partial charge on any atom is 0.240 e. The van der Waals surface area contributed by atoms with Crippen LogP contribution in [0, 0.1) is 5.82 Å². The number of rotatable bonds is 4. The lowest BCUT2D eigenvalue weighted by molar-refractivity contribution is -0.120. The molecule has 0 spiro atoms. The molecular formula is C15H17FN4O2.